The standard InChI is InChI=1S/C15H20FNO2/c1-10-6-11(2)17(8-10)9-14(18)13-7-12(16)4-5-15(13)19-3/h4-5,7,10-11H,6,8-9H2,1-3H3. The third-order valence-corrected chi connectivity index (χ3v) is 3.72. The molecular formula is C15H20FNO2. The van der Waals surface area contributed by atoms with Crippen molar-refractivity contribution in [2.75, 3.05) is 20.2 Å². The van der Waals surface area contributed by atoms with Crippen LogP contribution >= 0.6 is 0 Å². The molecule has 1 aromatic carbocycles. The number of benzene rings is 1. The number of ketones is 1. The number of likely N-dealkylation sites (tertiary alicyclic amines) is 1. The summed E-state index contributed by atoms with van der Waals surface area (Å²) in [6.45, 7) is 5.55. The lowest BCUT2D eigenvalue weighted by atomic mass is 10.1. The third kappa shape index (κ3) is 3.13. The number of carbonyl (C=O) groups excluding carboxylic acids is 1. The maximum atomic E-state index is 13.3. The van der Waals surface area contributed by atoms with Crippen molar-refractivity contribution in [3.63, 3.8) is 0 Å². The van der Waals surface area contributed by atoms with Crippen molar-refractivity contribution in [3.8, 4) is 5.75 Å². The molecule has 0 aromatic heterocycles. The summed E-state index contributed by atoms with van der Waals surface area (Å²) in [6, 6.07) is 4.46. The molecule has 104 valence electrons. The molecule has 0 aliphatic carbocycles. The van der Waals surface area contributed by atoms with E-state index >= 15 is 0 Å². The first kappa shape index (κ1) is 14.0. The second kappa shape index (κ2) is 5.70. The van der Waals surface area contributed by atoms with E-state index in [0.717, 1.165) is 13.0 Å². The number of methoxy groups -OCH3 is 1. The number of hydrogen-bond acceptors (Lipinski definition) is 3. The van der Waals surface area contributed by atoms with Gasteiger partial charge in [-0.3, -0.25) is 9.69 Å². The Morgan fingerprint density at radius 3 is 2.79 bits per heavy atom. The first-order valence-electron chi connectivity index (χ1n) is 6.62. The molecule has 1 aliphatic rings. The molecule has 2 atom stereocenters. The Bertz CT molecular complexity index is 475. The second-order valence-electron chi connectivity index (χ2n) is 5.39. The van der Waals surface area contributed by atoms with Gasteiger partial charge in [0.05, 0.1) is 19.2 Å². The maximum absolute atomic E-state index is 13.3. The summed E-state index contributed by atoms with van der Waals surface area (Å²) < 4.78 is 18.4. The van der Waals surface area contributed by atoms with Gasteiger partial charge in [0.25, 0.3) is 0 Å². The molecule has 3 nitrogen and oxygen atoms in total. The summed E-state index contributed by atoms with van der Waals surface area (Å²) in [5.41, 5.74) is 0.328. The molecule has 0 amide bonds. The Balaban J connectivity index is 2.14. The van der Waals surface area contributed by atoms with E-state index in [-0.39, 0.29) is 5.78 Å². The molecule has 2 unspecified atom stereocenters. The van der Waals surface area contributed by atoms with Gasteiger partial charge in [0.1, 0.15) is 11.6 Å². The number of rotatable bonds is 4. The molecule has 0 radical (unpaired) electrons. The van der Waals surface area contributed by atoms with E-state index in [2.05, 4.69) is 18.7 Å². The van der Waals surface area contributed by atoms with Crippen LogP contribution in [-0.4, -0.2) is 36.9 Å². The summed E-state index contributed by atoms with van der Waals surface area (Å²) in [5.74, 6) is 0.549. The van der Waals surface area contributed by atoms with Crippen LogP contribution in [0.5, 0.6) is 5.75 Å². The van der Waals surface area contributed by atoms with Crippen LogP contribution in [0.15, 0.2) is 18.2 Å². The average molecular weight is 265 g/mol. The van der Waals surface area contributed by atoms with Crippen molar-refractivity contribution in [1.82, 2.24) is 4.90 Å². The number of nitrogens with zero attached hydrogens (tertiary/aromatic N) is 1. The SMILES string of the molecule is COc1ccc(F)cc1C(=O)CN1CC(C)CC1C. The summed E-state index contributed by atoms with van der Waals surface area (Å²) in [5, 5.41) is 0. The van der Waals surface area contributed by atoms with Crippen molar-refractivity contribution >= 4 is 5.78 Å². The molecule has 1 aliphatic heterocycles. The minimum Gasteiger partial charge on any atom is -0.496 e. The highest BCUT2D eigenvalue weighted by molar-refractivity contribution is 6.00. The number of halogens is 1. The molecule has 0 bridgehead atoms. The zero-order valence-electron chi connectivity index (χ0n) is 11.6. The van der Waals surface area contributed by atoms with Crippen LogP contribution in [0.1, 0.15) is 30.6 Å². The van der Waals surface area contributed by atoms with E-state index in [9.17, 15) is 9.18 Å². The quantitative estimate of drug-likeness (QED) is 0.784. The Labute approximate surface area is 113 Å². The van der Waals surface area contributed by atoms with Gasteiger partial charge in [-0.05, 0) is 37.5 Å². The van der Waals surface area contributed by atoms with Gasteiger partial charge in [0.15, 0.2) is 5.78 Å². The van der Waals surface area contributed by atoms with Gasteiger partial charge in [-0.1, -0.05) is 6.92 Å². The highest BCUT2D eigenvalue weighted by atomic mass is 19.1. The van der Waals surface area contributed by atoms with Crippen LogP contribution in [0.4, 0.5) is 4.39 Å². The number of hydrogen-bond donors (Lipinski definition) is 0. The number of ether oxygens (including phenoxy) is 1. The minimum absolute atomic E-state index is 0.0858. The maximum Gasteiger partial charge on any atom is 0.180 e. The van der Waals surface area contributed by atoms with Crippen LogP contribution in [0.3, 0.4) is 0 Å². The van der Waals surface area contributed by atoms with Crippen LogP contribution in [0, 0.1) is 11.7 Å². The van der Waals surface area contributed by atoms with Crippen LogP contribution < -0.4 is 4.74 Å². The van der Waals surface area contributed by atoms with Crippen molar-refractivity contribution < 1.29 is 13.9 Å². The average Bonchev–Trinajstić information content (AvgIpc) is 2.67. The van der Waals surface area contributed by atoms with Gasteiger partial charge in [0.2, 0.25) is 0 Å². The molecule has 0 spiro atoms. The largest absolute Gasteiger partial charge is 0.496 e. The molecule has 0 N–H and O–H groups in total. The van der Waals surface area contributed by atoms with E-state index in [0.29, 0.717) is 29.8 Å². The summed E-state index contributed by atoms with van der Waals surface area (Å²) in [4.78, 5) is 14.4. The van der Waals surface area contributed by atoms with Crippen molar-refractivity contribution in [2.45, 2.75) is 26.3 Å². The molecule has 1 heterocycles. The van der Waals surface area contributed by atoms with Crippen molar-refractivity contribution in [2.24, 2.45) is 5.92 Å². The van der Waals surface area contributed by atoms with Gasteiger partial charge < -0.3 is 4.74 Å². The lowest BCUT2D eigenvalue weighted by Gasteiger charge is -2.20. The first-order chi connectivity index (χ1) is 9.01. The summed E-state index contributed by atoms with van der Waals surface area (Å²) in [7, 11) is 1.49. The fourth-order valence-corrected chi connectivity index (χ4v) is 2.77. The van der Waals surface area contributed by atoms with Gasteiger partial charge in [-0.25, -0.2) is 4.39 Å². The predicted molar refractivity (Wildman–Crippen MR) is 72.1 cm³/mol. The van der Waals surface area contributed by atoms with E-state index in [4.69, 9.17) is 4.74 Å². The predicted octanol–water partition coefficient (Wildman–Crippen LogP) is 2.75. The molecule has 19 heavy (non-hydrogen) atoms. The van der Waals surface area contributed by atoms with Crippen LogP contribution in [-0.2, 0) is 0 Å². The highest BCUT2D eigenvalue weighted by Gasteiger charge is 2.28. The van der Waals surface area contributed by atoms with E-state index < -0.39 is 5.82 Å². The molecule has 0 saturated carbocycles. The van der Waals surface area contributed by atoms with Gasteiger partial charge >= 0.3 is 0 Å². The van der Waals surface area contributed by atoms with Crippen molar-refractivity contribution in [3.05, 3.63) is 29.6 Å². The van der Waals surface area contributed by atoms with E-state index in [1.165, 1.54) is 25.3 Å². The van der Waals surface area contributed by atoms with Crippen LogP contribution in [0.25, 0.3) is 0 Å². The summed E-state index contributed by atoms with van der Waals surface area (Å²) >= 11 is 0. The zero-order valence-corrected chi connectivity index (χ0v) is 11.6. The van der Waals surface area contributed by atoms with E-state index in [1.54, 1.807) is 0 Å². The van der Waals surface area contributed by atoms with Gasteiger partial charge in [-0.2, -0.15) is 0 Å². The Morgan fingerprint density at radius 1 is 1.47 bits per heavy atom. The monoisotopic (exact) mass is 265 g/mol. The fourth-order valence-electron chi connectivity index (χ4n) is 2.77. The first-order valence-corrected chi connectivity index (χ1v) is 6.62. The lowest BCUT2D eigenvalue weighted by Crippen LogP contribution is -2.33. The van der Waals surface area contributed by atoms with Crippen molar-refractivity contribution in [1.29, 1.82) is 0 Å². The second-order valence-corrected chi connectivity index (χ2v) is 5.39. The van der Waals surface area contributed by atoms with E-state index in [1.807, 2.05) is 0 Å². The molecule has 4 heteroatoms. The molecule has 1 aromatic rings. The van der Waals surface area contributed by atoms with Gasteiger partial charge in [-0.15, -0.1) is 0 Å². The number of carbonyl (C=O) groups is 1. The molecular weight excluding hydrogens is 245 g/mol. The minimum atomic E-state index is -0.410. The van der Waals surface area contributed by atoms with Crippen LogP contribution in [0.2, 0.25) is 0 Å². The fraction of sp³-hybridized carbons (Fsp3) is 0.533. The topological polar surface area (TPSA) is 29.5 Å². The third-order valence-electron chi connectivity index (χ3n) is 3.72. The highest BCUT2D eigenvalue weighted by Crippen LogP contribution is 2.24. The molecule has 1 fully saturated rings. The Kier molecular flexibility index (Phi) is 4.20. The number of Topliss-reactive ketones (excluding diaryl/α,β-unsaturated/α-hetero) is 1. The normalized spacial score (nSPS) is 23.6. The zero-order chi connectivity index (χ0) is 14.0. The lowest BCUT2D eigenvalue weighted by molar-refractivity contribution is 0.0921. The molecule has 1 saturated heterocycles. The summed E-state index contributed by atoms with van der Waals surface area (Å²) in [6.07, 6.45) is 1.10. The Hall–Kier alpha value is -1.42. The van der Waals surface area contributed by atoms with Gasteiger partial charge in [0, 0.05) is 12.6 Å². The Morgan fingerprint density at radius 2 is 2.21 bits per heavy atom. The smallest absolute Gasteiger partial charge is 0.180 e. The molecule has 2 rings (SSSR count).